The van der Waals surface area contributed by atoms with E-state index in [0.29, 0.717) is 15.8 Å². The summed E-state index contributed by atoms with van der Waals surface area (Å²) in [6, 6.07) is 18.0. The summed E-state index contributed by atoms with van der Waals surface area (Å²) in [6.45, 7) is 6.94. The third-order valence-electron chi connectivity index (χ3n) is 5.80. The molecular formula is C27H29N3O2S2. The van der Waals surface area contributed by atoms with E-state index in [-0.39, 0.29) is 11.9 Å². The fourth-order valence-electron chi connectivity index (χ4n) is 3.66. The Labute approximate surface area is 210 Å². The van der Waals surface area contributed by atoms with Crippen LogP contribution in [0.5, 0.6) is 5.75 Å². The van der Waals surface area contributed by atoms with Crippen molar-refractivity contribution in [3.63, 3.8) is 0 Å². The van der Waals surface area contributed by atoms with Crippen LogP contribution < -0.4 is 4.74 Å². The Morgan fingerprint density at radius 1 is 1.12 bits per heavy atom. The molecule has 2 aromatic carbocycles. The maximum atomic E-state index is 13.1. The molecule has 1 amide bonds. The number of amides is 1. The summed E-state index contributed by atoms with van der Waals surface area (Å²) < 4.78 is 8.27. The molecule has 0 radical (unpaired) electrons. The minimum atomic E-state index is -0.0394. The van der Waals surface area contributed by atoms with Crippen molar-refractivity contribution in [2.75, 3.05) is 6.61 Å². The number of hydrogen-bond donors (Lipinski definition) is 0. The molecule has 4 rings (SSSR count). The quantitative estimate of drug-likeness (QED) is 0.189. The van der Waals surface area contributed by atoms with Crippen molar-refractivity contribution >= 4 is 40.3 Å². The third-order valence-corrected chi connectivity index (χ3v) is 7.13. The van der Waals surface area contributed by atoms with Crippen molar-refractivity contribution < 1.29 is 9.53 Å². The minimum absolute atomic E-state index is 0.0394. The first kappa shape index (κ1) is 24.2. The lowest BCUT2D eigenvalue weighted by molar-refractivity contribution is -0.123. The first-order chi connectivity index (χ1) is 16.5. The van der Waals surface area contributed by atoms with Gasteiger partial charge < -0.3 is 4.74 Å². The van der Waals surface area contributed by atoms with Gasteiger partial charge in [0.2, 0.25) is 0 Å². The monoisotopic (exact) mass is 491 g/mol. The normalized spacial score (nSPS) is 15.9. The molecule has 1 saturated heterocycles. The molecule has 5 nitrogen and oxygen atoms in total. The molecule has 1 aliphatic heterocycles. The second kappa shape index (κ2) is 11.0. The van der Waals surface area contributed by atoms with E-state index in [2.05, 4.69) is 13.8 Å². The van der Waals surface area contributed by atoms with E-state index < -0.39 is 0 Å². The molecule has 0 saturated carbocycles. The Kier molecular flexibility index (Phi) is 7.85. The molecule has 1 aliphatic rings. The number of ether oxygens (including phenoxy) is 1. The molecule has 0 aliphatic carbocycles. The maximum absolute atomic E-state index is 13.1. The highest BCUT2D eigenvalue weighted by atomic mass is 32.2. The average molecular weight is 492 g/mol. The lowest BCUT2D eigenvalue weighted by atomic mass is 10.1. The van der Waals surface area contributed by atoms with Crippen molar-refractivity contribution in [3.05, 3.63) is 71.3 Å². The van der Waals surface area contributed by atoms with E-state index in [0.717, 1.165) is 47.5 Å². The van der Waals surface area contributed by atoms with Crippen LogP contribution in [0.1, 0.15) is 45.6 Å². The zero-order valence-electron chi connectivity index (χ0n) is 19.7. The second-order valence-electron chi connectivity index (χ2n) is 8.25. The van der Waals surface area contributed by atoms with Gasteiger partial charge in [-0.1, -0.05) is 62.4 Å². The van der Waals surface area contributed by atoms with Crippen LogP contribution in [0.25, 0.3) is 23.0 Å². The van der Waals surface area contributed by atoms with Gasteiger partial charge in [0, 0.05) is 23.4 Å². The van der Waals surface area contributed by atoms with Gasteiger partial charge in [-0.2, -0.15) is 5.10 Å². The predicted molar refractivity (Wildman–Crippen MR) is 144 cm³/mol. The van der Waals surface area contributed by atoms with E-state index in [9.17, 15) is 4.79 Å². The van der Waals surface area contributed by atoms with Gasteiger partial charge in [0.25, 0.3) is 5.91 Å². The fourth-order valence-corrected chi connectivity index (χ4v) is 5.11. The van der Waals surface area contributed by atoms with Crippen molar-refractivity contribution in [1.29, 1.82) is 0 Å². The number of benzene rings is 2. The van der Waals surface area contributed by atoms with Gasteiger partial charge in [-0.15, -0.1) is 0 Å². The number of thiocarbonyl (C=S) groups is 1. The van der Waals surface area contributed by atoms with Gasteiger partial charge in [-0.05, 0) is 62.2 Å². The van der Waals surface area contributed by atoms with Crippen LogP contribution in [0.3, 0.4) is 0 Å². The highest BCUT2D eigenvalue weighted by Crippen LogP contribution is 2.36. The van der Waals surface area contributed by atoms with Gasteiger partial charge in [-0.3, -0.25) is 9.69 Å². The number of hydrogen-bond acceptors (Lipinski definition) is 5. The Morgan fingerprint density at radius 2 is 1.85 bits per heavy atom. The van der Waals surface area contributed by atoms with E-state index in [1.165, 1.54) is 11.8 Å². The number of unbranched alkanes of at least 4 members (excludes halogenated alkanes) is 1. The van der Waals surface area contributed by atoms with Crippen LogP contribution in [0, 0.1) is 0 Å². The molecule has 1 fully saturated rings. The lowest BCUT2D eigenvalue weighted by Gasteiger charge is -2.21. The highest BCUT2D eigenvalue weighted by molar-refractivity contribution is 8.26. The van der Waals surface area contributed by atoms with Crippen LogP contribution in [0.15, 0.2) is 65.7 Å². The average Bonchev–Trinajstić information content (AvgIpc) is 3.40. The van der Waals surface area contributed by atoms with Crippen molar-refractivity contribution in [1.82, 2.24) is 14.7 Å². The molecule has 34 heavy (non-hydrogen) atoms. The second-order valence-corrected chi connectivity index (χ2v) is 9.92. The van der Waals surface area contributed by atoms with Gasteiger partial charge in [0.1, 0.15) is 10.1 Å². The molecule has 176 valence electrons. The smallest absolute Gasteiger partial charge is 0.266 e. The summed E-state index contributed by atoms with van der Waals surface area (Å²) >= 11 is 6.87. The number of thioether (sulfide) groups is 1. The molecule has 0 unspecified atom stereocenters. The molecule has 3 aromatic rings. The number of aromatic nitrogens is 2. The summed E-state index contributed by atoms with van der Waals surface area (Å²) in [5.74, 6) is 0.804. The number of carbonyl (C=O) groups is 1. The Hall–Kier alpha value is -2.90. The zero-order valence-corrected chi connectivity index (χ0v) is 21.4. The van der Waals surface area contributed by atoms with E-state index in [1.54, 1.807) is 4.90 Å². The Morgan fingerprint density at radius 3 is 2.53 bits per heavy atom. The molecule has 0 spiro atoms. The minimum Gasteiger partial charge on any atom is -0.494 e. The van der Waals surface area contributed by atoms with Crippen molar-refractivity contribution in [2.45, 2.75) is 46.1 Å². The summed E-state index contributed by atoms with van der Waals surface area (Å²) in [4.78, 5) is 15.5. The summed E-state index contributed by atoms with van der Waals surface area (Å²) in [5.41, 5.74) is 3.59. The maximum Gasteiger partial charge on any atom is 0.266 e. The van der Waals surface area contributed by atoms with E-state index >= 15 is 0 Å². The first-order valence-electron chi connectivity index (χ1n) is 11.7. The van der Waals surface area contributed by atoms with Crippen LogP contribution in [-0.2, 0) is 4.79 Å². The molecule has 2 heterocycles. The number of para-hydroxylation sites is 1. The molecular weight excluding hydrogens is 462 g/mol. The van der Waals surface area contributed by atoms with Gasteiger partial charge in [-0.25, -0.2) is 4.68 Å². The van der Waals surface area contributed by atoms with Gasteiger partial charge in [0.05, 0.1) is 22.9 Å². The largest absolute Gasteiger partial charge is 0.494 e. The number of carbonyl (C=O) groups excluding carboxylic acids is 1. The van der Waals surface area contributed by atoms with Crippen LogP contribution in [0.2, 0.25) is 0 Å². The van der Waals surface area contributed by atoms with E-state index in [4.69, 9.17) is 22.1 Å². The SMILES string of the molecule is CCCCOc1ccc(-c2nn(-c3ccccc3)cc2/C=C2\SC(=S)N([C@H](C)CC)C2=O)cc1. The van der Waals surface area contributed by atoms with Gasteiger partial charge >= 0.3 is 0 Å². The van der Waals surface area contributed by atoms with Crippen LogP contribution in [0.4, 0.5) is 0 Å². The molecule has 0 bridgehead atoms. The fraction of sp³-hybridized carbons (Fsp3) is 0.296. The summed E-state index contributed by atoms with van der Waals surface area (Å²) in [5, 5.41) is 4.88. The highest BCUT2D eigenvalue weighted by Gasteiger charge is 2.35. The first-order valence-corrected chi connectivity index (χ1v) is 12.9. The lowest BCUT2D eigenvalue weighted by Crippen LogP contribution is -2.36. The zero-order chi connectivity index (χ0) is 24.1. The molecule has 1 atom stereocenters. The van der Waals surface area contributed by atoms with E-state index in [1.807, 2.05) is 78.5 Å². The molecule has 7 heteroatoms. The summed E-state index contributed by atoms with van der Waals surface area (Å²) in [6.07, 6.45) is 6.86. The summed E-state index contributed by atoms with van der Waals surface area (Å²) in [7, 11) is 0. The Balaban J connectivity index is 1.71. The number of nitrogens with zero attached hydrogens (tertiary/aromatic N) is 3. The molecule has 1 aromatic heterocycles. The molecule has 0 N–H and O–H groups in total. The standard InChI is InChI=1S/C27H29N3O2S2/c1-4-6-16-32-23-14-12-20(13-15-23)25-21(18-29(28-25)22-10-8-7-9-11-22)17-24-26(31)30(19(3)5-2)27(33)34-24/h7-15,17-19H,4-6,16H2,1-3H3/b24-17-/t19-/m1/s1. The topological polar surface area (TPSA) is 47.4 Å². The van der Waals surface area contributed by atoms with Crippen LogP contribution in [-0.4, -0.2) is 37.6 Å². The van der Waals surface area contributed by atoms with Crippen molar-refractivity contribution in [3.8, 4) is 22.7 Å². The van der Waals surface area contributed by atoms with Crippen molar-refractivity contribution in [2.24, 2.45) is 0 Å². The van der Waals surface area contributed by atoms with Crippen LogP contribution >= 0.6 is 24.0 Å². The third kappa shape index (κ3) is 5.26. The van der Waals surface area contributed by atoms with Gasteiger partial charge in [0.15, 0.2) is 0 Å². The Bertz CT molecular complexity index is 1190. The number of rotatable bonds is 9. The predicted octanol–water partition coefficient (Wildman–Crippen LogP) is 6.72.